The molecule has 0 amide bonds. The van der Waals surface area contributed by atoms with Crippen molar-refractivity contribution in [2.75, 3.05) is 5.32 Å². The summed E-state index contributed by atoms with van der Waals surface area (Å²) < 4.78 is 0. The van der Waals surface area contributed by atoms with Crippen LogP contribution in [-0.4, -0.2) is 9.97 Å². The van der Waals surface area contributed by atoms with Gasteiger partial charge in [0.2, 0.25) is 0 Å². The smallest absolute Gasteiger partial charge is 0.137 e. The molecule has 4 heteroatoms. The maximum absolute atomic E-state index is 6.18. The SMILES string of the molecule is CCCc1c(Cl)ncnc1NC(C)c1ccccc1C. The van der Waals surface area contributed by atoms with Gasteiger partial charge < -0.3 is 5.32 Å². The molecular weight excluding hydrogens is 270 g/mol. The Labute approximate surface area is 125 Å². The normalized spacial score (nSPS) is 12.2. The van der Waals surface area contributed by atoms with Crippen molar-refractivity contribution >= 4 is 17.4 Å². The highest BCUT2D eigenvalue weighted by Crippen LogP contribution is 2.26. The molecule has 0 radical (unpaired) electrons. The number of benzene rings is 1. The average Bonchev–Trinajstić information content (AvgIpc) is 2.43. The zero-order valence-electron chi connectivity index (χ0n) is 12.2. The monoisotopic (exact) mass is 289 g/mol. The number of anilines is 1. The van der Waals surface area contributed by atoms with Gasteiger partial charge in [-0.2, -0.15) is 0 Å². The van der Waals surface area contributed by atoms with E-state index >= 15 is 0 Å². The van der Waals surface area contributed by atoms with Gasteiger partial charge in [0.25, 0.3) is 0 Å². The van der Waals surface area contributed by atoms with Crippen LogP contribution < -0.4 is 5.32 Å². The van der Waals surface area contributed by atoms with Crippen LogP contribution in [0.1, 0.15) is 43.0 Å². The molecule has 0 aliphatic rings. The van der Waals surface area contributed by atoms with Gasteiger partial charge in [-0.15, -0.1) is 0 Å². The number of aryl methyl sites for hydroxylation is 1. The van der Waals surface area contributed by atoms with E-state index < -0.39 is 0 Å². The fraction of sp³-hybridized carbons (Fsp3) is 0.375. The lowest BCUT2D eigenvalue weighted by Crippen LogP contribution is -2.12. The van der Waals surface area contributed by atoms with E-state index in [-0.39, 0.29) is 6.04 Å². The Kier molecular flexibility index (Phi) is 4.96. The molecule has 1 aromatic heterocycles. The van der Waals surface area contributed by atoms with Gasteiger partial charge >= 0.3 is 0 Å². The minimum Gasteiger partial charge on any atom is -0.363 e. The number of halogens is 1. The number of hydrogen-bond acceptors (Lipinski definition) is 3. The summed E-state index contributed by atoms with van der Waals surface area (Å²) in [7, 11) is 0. The first-order valence-corrected chi connectivity index (χ1v) is 7.32. The molecule has 0 spiro atoms. The molecule has 1 N–H and O–H groups in total. The van der Waals surface area contributed by atoms with E-state index in [0.29, 0.717) is 5.15 Å². The summed E-state index contributed by atoms with van der Waals surface area (Å²) in [5.74, 6) is 0.836. The highest BCUT2D eigenvalue weighted by Gasteiger charge is 2.13. The largest absolute Gasteiger partial charge is 0.363 e. The van der Waals surface area contributed by atoms with Gasteiger partial charge in [0.1, 0.15) is 17.3 Å². The van der Waals surface area contributed by atoms with Gasteiger partial charge in [-0.05, 0) is 31.4 Å². The minimum atomic E-state index is 0.178. The van der Waals surface area contributed by atoms with Crippen molar-refractivity contribution in [2.24, 2.45) is 0 Å². The molecule has 106 valence electrons. The second-order valence-electron chi connectivity index (χ2n) is 4.96. The quantitative estimate of drug-likeness (QED) is 0.820. The number of hydrogen-bond donors (Lipinski definition) is 1. The van der Waals surface area contributed by atoms with Crippen LogP contribution in [0.15, 0.2) is 30.6 Å². The van der Waals surface area contributed by atoms with Crippen LogP contribution in [-0.2, 0) is 6.42 Å². The van der Waals surface area contributed by atoms with Gasteiger partial charge in [-0.1, -0.05) is 49.2 Å². The second-order valence-corrected chi connectivity index (χ2v) is 5.32. The van der Waals surface area contributed by atoms with Gasteiger partial charge in [0.15, 0.2) is 0 Å². The molecule has 3 nitrogen and oxygen atoms in total. The number of nitrogens with one attached hydrogen (secondary N) is 1. The summed E-state index contributed by atoms with van der Waals surface area (Å²) in [6.45, 7) is 6.37. The van der Waals surface area contributed by atoms with Crippen LogP contribution >= 0.6 is 11.6 Å². The van der Waals surface area contributed by atoms with Crippen LogP contribution in [0.4, 0.5) is 5.82 Å². The third kappa shape index (κ3) is 3.28. The van der Waals surface area contributed by atoms with E-state index in [1.807, 2.05) is 0 Å². The lowest BCUT2D eigenvalue weighted by Gasteiger charge is -2.19. The van der Waals surface area contributed by atoms with Crippen LogP contribution in [0.2, 0.25) is 5.15 Å². The van der Waals surface area contributed by atoms with Crippen molar-refractivity contribution in [1.82, 2.24) is 9.97 Å². The Hall–Kier alpha value is -1.61. The molecule has 0 bridgehead atoms. The molecule has 1 unspecified atom stereocenters. The predicted molar refractivity (Wildman–Crippen MR) is 84.3 cm³/mol. The molecule has 20 heavy (non-hydrogen) atoms. The van der Waals surface area contributed by atoms with Crippen LogP contribution in [0.5, 0.6) is 0 Å². The fourth-order valence-corrected chi connectivity index (χ4v) is 2.57. The van der Waals surface area contributed by atoms with E-state index in [1.54, 1.807) is 0 Å². The lowest BCUT2D eigenvalue weighted by atomic mass is 10.0. The van der Waals surface area contributed by atoms with Gasteiger partial charge in [0, 0.05) is 5.56 Å². The summed E-state index contributed by atoms with van der Waals surface area (Å²) in [5, 5.41) is 4.00. The highest BCUT2D eigenvalue weighted by atomic mass is 35.5. The van der Waals surface area contributed by atoms with Gasteiger partial charge in [-0.3, -0.25) is 0 Å². The third-order valence-electron chi connectivity index (χ3n) is 3.40. The van der Waals surface area contributed by atoms with E-state index in [9.17, 15) is 0 Å². The zero-order chi connectivity index (χ0) is 14.5. The molecular formula is C16H20ClN3. The average molecular weight is 290 g/mol. The molecule has 0 aliphatic heterocycles. The second kappa shape index (κ2) is 6.71. The molecule has 1 heterocycles. The summed E-state index contributed by atoms with van der Waals surface area (Å²) in [6.07, 6.45) is 3.40. The maximum Gasteiger partial charge on any atom is 0.137 e. The molecule has 1 atom stereocenters. The summed E-state index contributed by atoms with van der Waals surface area (Å²) in [5.41, 5.74) is 3.53. The zero-order valence-corrected chi connectivity index (χ0v) is 12.9. The molecule has 2 rings (SSSR count). The van der Waals surface area contributed by atoms with Crippen LogP contribution in [0, 0.1) is 6.92 Å². The summed E-state index contributed by atoms with van der Waals surface area (Å²) in [6, 6.07) is 8.54. The summed E-state index contributed by atoms with van der Waals surface area (Å²) in [4.78, 5) is 8.42. The van der Waals surface area contributed by atoms with Crippen molar-refractivity contribution in [3.63, 3.8) is 0 Å². The first-order valence-electron chi connectivity index (χ1n) is 6.95. The first-order chi connectivity index (χ1) is 9.63. The third-order valence-corrected chi connectivity index (χ3v) is 3.73. The van der Waals surface area contributed by atoms with E-state index in [2.05, 4.69) is 60.3 Å². The number of nitrogens with zero attached hydrogens (tertiary/aromatic N) is 2. The topological polar surface area (TPSA) is 37.8 Å². The van der Waals surface area contributed by atoms with E-state index in [4.69, 9.17) is 11.6 Å². The molecule has 0 saturated carbocycles. The Bertz CT molecular complexity index is 584. The number of rotatable bonds is 5. The van der Waals surface area contributed by atoms with Gasteiger partial charge in [0.05, 0.1) is 6.04 Å². The van der Waals surface area contributed by atoms with Crippen molar-refractivity contribution in [1.29, 1.82) is 0 Å². The van der Waals surface area contributed by atoms with Crippen molar-refractivity contribution in [2.45, 2.75) is 39.7 Å². The van der Waals surface area contributed by atoms with Crippen molar-refractivity contribution in [3.8, 4) is 0 Å². The standard InChI is InChI=1S/C16H20ClN3/c1-4-7-14-15(17)18-10-19-16(14)20-12(3)13-9-6-5-8-11(13)2/h5-6,8-10,12H,4,7H2,1-3H3,(H,18,19,20). The fourth-order valence-electron chi connectivity index (χ4n) is 2.34. The Morgan fingerprint density at radius 1 is 1.25 bits per heavy atom. The maximum atomic E-state index is 6.18. The molecule has 0 saturated heterocycles. The predicted octanol–water partition coefficient (Wildman–Crippen LogP) is 4.56. The molecule has 0 aliphatic carbocycles. The summed E-state index contributed by atoms with van der Waals surface area (Å²) >= 11 is 6.18. The van der Waals surface area contributed by atoms with Crippen molar-refractivity contribution < 1.29 is 0 Å². The first kappa shape index (κ1) is 14.8. The molecule has 1 aromatic carbocycles. The lowest BCUT2D eigenvalue weighted by molar-refractivity contribution is 0.840. The van der Waals surface area contributed by atoms with Crippen molar-refractivity contribution in [3.05, 3.63) is 52.4 Å². The Morgan fingerprint density at radius 2 is 2.00 bits per heavy atom. The Morgan fingerprint density at radius 3 is 2.70 bits per heavy atom. The molecule has 2 aromatic rings. The minimum absolute atomic E-state index is 0.178. The van der Waals surface area contributed by atoms with Gasteiger partial charge in [-0.25, -0.2) is 9.97 Å². The molecule has 0 fully saturated rings. The van der Waals surface area contributed by atoms with E-state index in [1.165, 1.54) is 17.5 Å². The van der Waals surface area contributed by atoms with Crippen LogP contribution in [0.25, 0.3) is 0 Å². The highest BCUT2D eigenvalue weighted by molar-refractivity contribution is 6.30. The van der Waals surface area contributed by atoms with E-state index in [0.717, 1.165) is 24.2 Å². The van der Waals surface area contributed by atoms with Crippen LogP contribution in [0.3, 0.4) is 0 Å². The number of aromatic nitrogens is 2. The Balaban J connectivity index is 2.26.